The van der Waals surface area contributed by atoms with Crippen LogP contribution in [0.25, 0.3) is 0 Å². The Bertz CT molecular complexity index is 369. The summed E-state index contributed by atoms with van der Waals surface area (Å²) in [5.41, 5.74) is 0. The highest BCUT2D eigenvalue weighted by Crippen LogP contribution is 2.31. The Hall–Kier alpha value is -0.360. The van der Waals surface area contributed by atoms with Crippen molar-refractivity contribution in [3.8, 4) is 0 Å². The first-order valence-electron chi connectivity index (χ1n) is 9.06. The monoisotopic (exact) mass is 345 g/mol. The minimum absolute atomic E-state index is 0. The Kier molecular flexibility index (Phi) is 7.60. The molecule has 3 aliphatic rings. The molecule has 134 valence electrons. The largest absolute Gasteiger partial charge is 0.379 e. The minimum Gasteiger partial charge on any atom is -0.379 e. The predicted octanol–water partition coefficient (Wildman–Crippen LogP) is 1.60. The molecule has 0 aromatic rings. The van der Waals surface area contributed by atoms with Gasteiger partial charge in [0, 0.05) is 37.6 Å². The van der Waals surface area contributed by atoms with E-state index in [0.717, 1.165) is 32.6 Å². The molecule has 6 heteroatoms. The molecule has 3 unspecified atom stereocenters. The number of rotatable bonds is 4. The molecule has 3 atom stereocenters. The second-order valence-corrected chi connectivity index (χ2v) is 7.25. The Morgan fingerprint density at radius 1 is 1.09 bits per heavy atom. The Morgan fingerprint density at radius 2 is 1.83 bits per heavy atom. The fourth-order valence-corrected chi connectivity index (χ4v) is 4.53. The van der Waals surface area contributed by atoms with E-state index in [1.165, 1.54) is 32.1 Å². The summed E-state index contributed by atoms with van der Waals surface area (Å²) in [6.45, 7) is 4.34. The van der Waals surface area contributed by atoms with E-state index in [0.29, 0.717) is 30.1 Å². The van der Waals surface area contributed by atoms with Gasteiger partial charge in [-0.05, 0) is 44.4 Å². The standard InChI is InChI=1S/C17H31N3O2.ClH/c1-12(21)19-13-5-7-14(8-6-13)20-16-4-2-3-15(16)17-11-22-10-9-18-17;/h13-18,20H,2-11H2,1H3,(H,19,21);1H. The molecule has 1 saturated heterocycles. The molecule has 2 aliphatic carbocycles. The molecule has 3 rings (SSSR count). The van der Waals surface area contributed by atoms with Crippen molar-refractivity contribution in [3.05, 3.63) is 0 Å². The molecule has 3 N–H and O–H groups in total. The van der Waals surface area contributed by atoms with Crippen LogP contribution < -0.4 is 16.0 Å². The lowest BCUT2D eigenvalue weighted by Gasteiger charge is -2.36. The van der Waals surface area contributed by atoms with Gasteiger partial charge in [-0.15, -0.1) is 12.4 Å². The molecule has 0 spiro atoms. The highest BCUT2D eigenvalue weighted by molar-refractivity contribution is 5.85. The van der Waals surface area contributed by atoms with Crippen molar-refractivity contribution in [2.45, 2.75) is 76.0 Å². The van der Waals surface area contributed by atoms with Crippen LogP contribution in [0.4, 0.5) is 0 Å². The molecule has 0 bridgehead atoms. The van der Waals surface area contributed by atoms with E-state index in [4.69, 9.17) is 4.74 Å². The van der Waals surface area contributed by atoms with Crippen LogP contribution in [0.1, 0.15) is 51.9 Å². The lowest BCUT2D eigenvalue weighted by Crippen LogP contribution is -2.53. The lowest BCUT2D eigenvalue weighted by molar-refractivity contribution is -0.119. The Morgan fingerprint density at radius 3 is 2.48 bits per heavy atom. The zero-order valence-electron chi connectivity index (χ0n) is 14.2. The molecule has 0 radical (unpaired) electrons. The molecule has 23 heavy (non-hydrogen) atoms. The molecule has 0 aromatic heterocycles. The van der Waals surface area contributed by atoms with Gasteiger partial charge in [-0.1, -0.05) is 6.42 Å². The maximum absolute atomic E-state index is 11.1. The molecule has 1 aliphatic heterocycles. The third-order valence-electron chi connectivity index (χ3n) is 5.62. The maximum Gasteiger partial charge on any atom is 0.217 e. The zero-order chi connectivity index (χ0) is 15.4. The van der Waals surface area contributed by atoms with E-state index < -0.39 is 0 Å². The van der Waals surface area contributed by atoms with E-state index >= 15 is 0 Å². The van der Waals surface area contributed by atoms with Gasteiger partial charge in [0.25, 0.3) is 0 Å². The molecular weight excluding hydrogens is 314 g/mol. The number of hydrogen-bond acceptors (Lipinski definition) is 4. The minimum atomic E-state index is 0. The van der Waals surface area contributed by atoms with E-state index in [1.807, 2.05) is 0 Å². The second kappa shape index (κ2) is 9.21. The highest BCUT2D eigenvalue weighted by Gasteiger charge is 2.36. The van der Waals surface area contributed by atoms with Crippen LogP contribution in [-0.2, 0) is 9.53 Å². The fraction of sp³-hybridized carbons (Fsp3) is 0.941. The van der Waals surface area contributed by atoms with Crippen LogP contribution in [0, 0.1) is 5.92 Å². The van der Waals surface area contributed by atoms with Gasteiger partial charge in [-0.2, -0.15) is 0 Å². The van der Waals surface area contributed by atoms with Gasteiger partial charge in [0.15, 0.2) is 0 Å². The van der Waals surface area contributed by atoms with E-state index in [9.17, 15) is 4.79 Å². The van der Waals surface area contributed by atoms with E-state index in [-0.39, 0.29) is 18.3 Å². The first-order valence-corrected chi connectivity index (χ1v) is 9.06. The summed E-state index contributed by atoms with van der Waals surface area (Å²) < 4.78 is 5.65. The summed E-state index contributed by atoms with van der Waals surface area (Å²) in [5, 5.41) is 10.6. The lowest BCUT2D eigenvalue weighted by atomic mass is 9.88. The van der Waals surface area contributed by atoms with Crippen LogP contribution in [-0.4, -0.2) is 49.8 Å². The third-order valence-corrected chi connectivity index (χ3v) is 5.62. The molecule has 0 aromatic carbocycles. The first kappa shape index (κ1) is 19.0. The summed E-state index contributed by atoms with van der Waals surface area (Å²) in [6.07, 6.45) is 8.54. The highest BCUT2D eigenvalue weighted by atomic mass is 35.5. The van der Waals surface area contributed by atoms with E-state index in [2.05, 4.69) is 16.0 Å². The van der Waals surface area contributed by atoms with Gasteiger partial charge in [-0.25, -0.2) is 0 Å². The van der Waals surface area contributed by atoms with Crippen LogP contribution in [0.15, 0.2) is 0 Å². The zero-order valence-corrected chi connectivity index (χ0v) is 15.0. The summed E-state index contributed by atoms with van der Waals surface area (Å²) >= 11 is 0. The van der Waals surface area contributed by atoms with Gasteiger partial charge in [0.2, 0.25) is 5.91 Å². The normalized spacial score (nSPS) is 37.9. The van der Waals surface area contributed by atoms with Crippen molar-refractivity contribution >= 4 is 18.3 Å². The van der Waals surface area contributed by atoms with Crippen LogP contribution in [0.5, 0.6) is 0 Å². The third kappa shape index (κ3) is 5.31. The van der Waals surface area contributed by atoms with Gasteiger partial charge in [0.1, 0.15) is 0 Å². The molecule has 5 nitrogen and oxygen atoms in total. The van der Waals surface area contributed by atoms with Crippen molar-refractivity contribution in [3.63, 3.8) is 0 Å². The summed E-state index contributed by atoms with van der Waals surface area (Å²) in [6, 6.07) is 2.19. The van der Waals surface area contributed by atoms with Crippen molar-refractivity contribution in [2.75, 3.05) is 19.8 Å². The van der Waals surface area contributed by atoms with Crippen molar-refractivity contribution in [1.82, 2.24) is 16.0 Å². The van der Waals surface area contributed by atoms with Gasteiger partial charge >= 0.3 is 0 Å². The summed E-state index contributed by atoms with van der Waals surface area (Å²) in [4.78, 5) is 11.1. The second-order valence-electron chi connectivity index (χ2n) is 7.25. The number of hydrogen-bond donors (Lipinski definition) is 3. The number of halogens is 1. The number of amides is 1. The molecule has 3 fully saturated rings. The van der Waals surface area contributed by atoms with Crippen molar-refractivity contribution < 1.29 is 9.53 Å². The Labute approximate surface area is 146 Å². The van der Waals surface area contributed by atoms with Crippen LogP contribution >= 0.6 is 12.4 Å². The quantitative estimate of drug-likeness (QED) is 0.724. The van der Waals surface area contributed by atoms with Crippen LogP contribution in [0.3, 0.4) is 0 Å². The molecule has 1 heterocycles. The number of carbonyl (C=O) groups is 1. The molecular formula is C17H32ClN3O2. The summed E-state index contributed by atoms with van der Waals surface area (Å²) in [5.74, 6) is 0.823. The van der Waals surface area contributed by atoms with Crippen molar-refractivity contribution in [2.24, 2.45) is 5.92 Å². The van der Waals surface area contributed by atoms with Gasteiger partial charge in [0.05, 0.1) is 13.2 Å². The maximum atomic E-state index is 11.1. The fourth-order valence-electron chi connectivity index (χ4n) is 4.53. The number of nitrogens with one attached hydrogen (secondary N) is 3. The molecule has 2 saturated carbocycles. The first-order chi connectivity index (χ1) is 10.7. The average Bonchev–Trinajstić information content (AvgIpc) is 2.98. The Balaban J connectivity index is 0.00000192. The SMILES string of the molecule is CC(=O)NC1CCC(NC2CCCC2C2COCCN2)CC1.Cl. The number of ether oxygens (including phenoxy) is 1. The van der Waals surface area contributed by atoms with Gasteiger partial charge in [-0.3, -0.25) is 4.79 Å². The van der Waals surface area contributed by atoms with Crippen LogP contribution in [0.2, 0.25) is 0 Å². The van der Waals surface area contributed by atoms with Crippen molar-refractivity contribution in [1.29, 1.82) is 0 Å². The smallest absolute Gasteiger partial charge is 0.217 e. The number of carbonyl (C=O) groups excluding carboxylic acids is 1. The number of morpholine rings is 1. The van der Waals surface area contributed by atoms with E-state index in [1.54, 1.807) is 6.92 Å². The summed E-state index contributed by atoms with van der Waals surface area (Å²) in [7, 11) is 0. The predicted molar refractivity (Wildman–Crippen MR) is 94.0 cm³/mol. The van der Waals surface area contributed by atoms with Gasteiger partial charge < -0.3 is 20.7 Å². The topological polar surface area (TPSA) is 62.4 Å². The molecule has 1 amide bonds. The average molecular weight is 346 g/mol.